The standard InChI is InChI=1S/C18H18F2N4O4S/c1-10-8-11(2)21-16-15(10)17(23-24(16)3)28-9-14(25)22-12-6-4-5-7-13(12)29(26,27)18(19)20/h4-8,18H,9H2,1-3H3,(H,22,25). The van der Waals surface area contributed by atoms with E-state index >= 15 is 0 Å². The second-order valence-electron chi connectivity index (χ2n) is 6.35. The lowest BCUT2D eigenvalue weighted by atomic mass is 10.2. The van der Waals surface area contributed by atoms with Crippen molar-refractivity contribution in [3.8, 4) is 5.88 Å². The monoisotopic (exact) mass is 424 g/mol. The first-order valence-electron chi connectivity index (χ1n) is 8.46. The third kappa shape index (κ3) is 4.04. The Morgan fingerprint density at radius 3 is 2.66 bits per heavy atom. The molecule has 0 radical (unpaired) electrons. The molecular formula is C18H18F2N4O4S. The van der Waals surface area contributed by atoms with Crippen LogP contribution in [0.1, 0.15) is 11.3 Å². The van der Waals surface area contributed by atoms with Crippen molar-refractivity contribution >= 4 is 32.5 Å². The van der Waals surface area contributed by atoms with E-state index in [0.29, 0.717) is 11.0 Å². The van der Waals surface area contributed by atoms with Crippen LogP contribution in [0.15, 0.2) is 35.2 Å². The highest BCUT2D eigenvalue weighted by atomic mass is 32.2. The van der Waals surface area contributed by atoms with Crippen LogP contribution in [0.2, 0.25) is 0 Å². The summed E-state index contributed by atoms with van der Waals surface area (Å²) >= 11 is 0. The van der Waals surface area contributed by atoms with E-state index in [1.807, 2.05) is 19.9 Å². The molecule has 8 nitrogen and oxygen atoms in total. The van der Waals surface area contributed by atoms with Gasteiger partial charge < -0.3 is 10.1 Å². The summed E-state index contributed by atoms with van der Waals surface area (Å²) in [6.07, 6.45) is 0. The van der Waals surface area contributed by atoms with Crippen molar-refractivity contribution in [1.29, 1.82) is 0 Å². The van der Waals surface area contributed by atoms with E-state index in [9.17, 15) is 22.0 Å². The minimum Gasteiger partial charge on any atom is -0.466 e. The Morgan fingerprint density at radius 1 is 1.28 bits per heavy atom. The number of ether oxygens (including phenoxy) is 1. The van der Waals surface area contributed by atoms with Crippen LogP contribution in [-0.2, 0) is 21.7 Å². The van der Waals surface area contributed by atoms with Gasteiger partial charge in [-0.2, -0.15) is 8.78 Å². The van der Waals surface area contributed by atoms with Gasteiger partial charge in [0.25, 0.3) is 5.91 Å². The second kappa shape index (κ2) is 7.74. The molecule has 0 unspecified atom stereocenters. The molecule has 11 heteroatoms. The summed E-state index contributed by atoms with van der Waals surface area (Å²) in [4.78, 5) is 16.0. The number of para-hydroxylation sites is 1. The number of rotatable bonds is 6. The number of alkyl halides is 2. The van der Waals surface area contributed by atoms with Gasteiger partial charge in [-0.15, -0.1) is 5.10 Å². The highest BCUT2D eigenvalue weighted by Gasteiger charge is 2.29. The summed E-state index contributed by atoms with van der Waals surface area (Å²) in [7, 11) is -3.18. The molecule has 1 N–H and O–H groups in total. The highest BCUT2D eigenvalue weighted by Crippen LogP contribution is 2.28. The van der Waals surface area contributed by atoms with Gasteiger partial charge in [0, 0.05) is 12.7 Å². The van der Waals surface area contributed by atoms with Gasteiger partial charge in [-0.1, -0.05) is 12.1 Å². The molecule has 0 aliphatic heterocycles. The van der Waals surface area contributed by atoms with Crippen LogP contribution in [0, 0.1) is 13.8 Å². The van der Waals surface area contributed by atoms with Gasteiger partial charge in [-0.25, -0.2) is 18.1 Å². The van der Waals surface area contributed by atoms with E-state index in [2.05, 4.69) is 15.4 Å². The minimum absolute atomic E-state index is 0.191. The Labute approximate surface area is 165 Å². The third-order valence-electron chi connectivity index (χ3n) is 4.13. The zero-order valence-electron chi connectivity index (χ0n) is 15.8. The summed E-state index contributed by atoms with van der Waals surface area (Å²) in [6, 6.07) is 6.79. The molecule has 2 heterocycles. The number of nitrogens with zero attached hydrogens (tertiary/aromatic N) is 3. The quantitative estimate of drug-likeness (QED) is 0.653. The molecule has 1 aromatic carbocycles. The smallest absolute Gasteiger partial charge is 0.341 e. The first kappa shape index (κ1) is 20.6. The predicted molar refractivity (Wildman–Crippen MR) is 102 cm³/mol. The number of carbonyl (C=O) groups excluding carboxylic acids is 1. The topological polar surface area (TPSA) is 103 Å². The van der Waals surface area contributed by atoms with Gasteiger partial charge in [0.1, 0.15) is 0 Å². The fourth-order valence-electron chi connectivity index (χ4n) is 2.88. The molecule has 0 bridgehead atoms. The number of hydrogen-bond donors (Lipinski definition) is 1. The maximum Gasteiger partial charge on any atom is 0.341 e. The van der Waals surface area contributed by atoms with E-state index < -0.39 is 33.0 Å². The third-order valence-corrected chi connectivity index (χ3v) is 5.57. The van der Waals surface area contributed by atoms with Gasteiger partial charge in [0.15, 0.2) is 12.3 Å². The van der Waals surface area contributed by atoms with Crippen molar-refractivity contribution in [1.82, 2.24) is 14.8 Å². The van der Waals surface area contributed by atoms with Crippen molar-refractivity contribution < 1.29 is 26.7 Å². The number of aromatic nitrogens is 3. The molecule has 0 atom stereocenters. The lowest BCUT2D eigenvalue weighted by Crippen LogP contribution is -2.22. The molecule has 154 valence electrons. The Kier molecular flexibility index (Phi) is 5.51. The van der Waals surface area contributed by atoms with Crippen molar-refractivity contribution in [3.05, 3.63) is 41.6 Å². The maximum absolute atomic E-state index is 12.9. The number of anilines is 1. The van der Waals surface area contributed by atoms with Crippen LogP contribution in [-0.4, -0.2) is 41.5 Å². The lowest BCUT2D eigenvalue weighted by molar-refractivity contribution is -0.118. The second-order valence-corrected chi connectivity index (χ2v) is 8.23. The van der Waals surface area contributed by atoms with E-state index in [0.717, 1.165) is 17.3 Å². The summed E-state index contributed by atoms with van der Waals surface area (Å²) in [5, 5.41) is 7.15. The number of benzene rings is 1. The largest absolute Gasteiger partial charge is 0.466 e. The van der Waals surface area contributed by atoms with Gasteiger partial charge in [0.2, 0.25) is 15.7 Å². The molecular weight excluding hydrogens is 406 g/mol. The summed E-state index contributed by atoms with van der Waals surface area (Å²) in [6.45, 7) is 3.21. The molecule has 29 heavy (non-hydrogen) atoms. The van der Waals surface area contributed by atoms with Crippen molar-refractivity contribution in [2.45, 2.75) is 24.5 Å². The van der Waals surface area contributed by atoms with Gasteiger partial charge >= 0.3 is 5.76 Å². The number of sulfone groups is 1. The average Bonchev–Trinajstić information content (AvgIpc) is 2.96. The van der Waals surface area contributed by atoms with Gasteiger partial charge in [-0.3, -0.25) is 4.79 Å². The summed E-state index contributed by atoms with van der Waals surface area (Å²) < 4.78 is 56.3. The van der Waals surface area contributed by atoms with Crippen LogP contribution in [0.3, 0.4) is 0 Å². The summed E-state index contributed by atoms with van der Waals surface area (Å²) in [5.74, 6) is -4.13. The fraction of sp³-hybridized carbons (Fsp3) is 0.278. The molecule has 0 aliphatic carbocycles. The number of amides is 1. The highest BCUT2D eigenvalue weighted by molar-refractivity contribution is 7.91. The number of fused-ring (bicyclic) bond motifs is 1. The average molecular weight is 424 g/mol. The summed E-state index contributed by atoms with van der Waals surface area (Å²) in [5.41, 5.74) is 2.01. The minimum atomic E-state index is -4.87. The molecule has 2 aromatic heterocycles. The van der Waals surface area contributed by atoms with E-state index in [1.165, 1.54) is 22.9 Å². The molecule has 1 amide bonds. The first-order chi connectivity index (χ1) is 13.6. The molecule has 0 saturated carbocycles. The van der Waals surface area contributed by atoms with Crippen molar-refractivity contribution in [3.63, 3.8) is 0 Å². The number of pyridine rings is 1. The van der Waals surface area contributed by atoms with Gasteiger partial charge in [-0.05, 0) is 37.6 Å². The Bertz CT molecular complexity index is 1190. The van der Waals surface area contributed by atoms with Gasteiger partial charge in [0.05, 0.1) is 16.0 Å². The maximum atomic E-state index is 12.9. The Morgan fingerprint density at radius 2 is 1.97 bits per heavy atom. The van der Waals surface area contributed by atoms with Crippen LogP contribution in [0.5, 0.6) is 5.88 Å². The van der Waals surface area contributed by atoms with Crippen LogP contribution < -0.4 is 10.1 Å². The van der Waals surface area contributed by atoms with Crippen LogP contribution >= 0.6 is 0 Å². The fourth-order valence-corrected chi connectivity index (χ4v) is 3.77. The molecule has 3 aromatic rings. The molecule has 0 spiro atoms. The number of hydrogen-bond acceptors (Lipinski definition) is 6. The molecule has 3 rings (SSSR count). The zero-order valence-corrected chi connectivity index (χ0v) is 16.6. The lowest BCUT2D eigenvalue weighted by Gasteiger charge is -2.11. The number of halogens is 2. The zero-order chi connectivity index (χ0) is 21.3. The van der Waals surface area contributed by atoms with E-state index in [1.54, 1.807) is 7.05 Å². The molecule has 0 aliphatic rings. The Hall–Kier alpha value is -3.08. The molecule has 0 saturated heterocycles. The number of aryl methyl sites for hydroxylation is 3. The van der Waals surface area contributed by atoms with E-state index in [-0.39, 0.29) is 11.6 Å². The molecule has 0 fully saturated rings. The predicted octanol–water partition coefficient (Wildman–Crippen LogP) is 2.60. The van der Waals surface area contributed by atoms with Crippen LogP contribution in [0.25, 0.3) is 11.0 Å². The van der Waals surface area contributed by atoms with E-state index in [4.69, 9.17) is 4.74 Å². The SMILES string of the molecule is Cc1cc(C)c2c(OCC(=O)Nc3ccccc3S(=O)(=O)C(F)F)nn(C)c2n1. The number of carbonyl (C=O) groups is 1. The van der Waals surface area contributed by atoms with Crippen molar-refractivity contribution in [2.75, 3.05) is 11.9 Å². The first-order valence-corrected chi connectivity index (χ1v) is 10.0. The Balaban J connectivity index is 1.80. The van der Waals surface area contributed by atoms with Crippen LogP contribution in [0.4, 0.5) is 14.5 Å². The van der Waals surface area contributed by atoms with Crippen molar-refractivity contribution in [2.24, 2.45) is 7.05 Å². The normalized spacial score (nSPS) is 11.8. The number of nitrogens with one attached hydrogen (secondary N) is 1.